The molecule has 4 N–H and O–H groups in total. The Labute approximate surface area is 224 Å². The molecule has 7 nitrogen and oxygen atoms in total. The van der Waals surface area contributed by atoms with Gasteiger partial charge in [0, 0.05) is 12.8 Å². The van der Waals surface area contributed by atoms with Crippen LogP contribution in [0.4, 0.5) is 0 Å². The van der Waals surface area contributed by atoms with Gasteiger partial charge in [0.2, 0.25) is 0 Å². The lowest BCUT2D eigenvalue weighted by atomic mass is 9.84. The van der Waals surface area contributed by atoms with Gasteiger partial charge < -0.3 is 20.3 Å². The first kappa shape index (κ1) is 27.9. The number of aryl methyl sites for hydroxylation is 1. The van der Waals surface area contributed by atoms with E-state index in [2.05, 4.69) is 17.4 Å². The molecule has 0 aliphatic carbocycles. The number of phenolic OH excluding ortho intramolecular Hbond substituents is 1. The maximum atomic E-state index is 12.0. The molecule has 202 valence electrons. The summed E-state index contributed by atoms with van der Waals surface area (Å²) < 4.78 is 40.3. The first-order valence-corrected chi connectivity index (χ1v) is 14.4. The lowest BCUT2D eigenvalue weighted by Crippen LogP contribution is -2.44. The monoisotopic (exact) mass is 537 g/mol. The van der Waals surface area contributed by atoms with E-state index in [-0.39, 0.29) is 24.2 Å². The summed E-state index contributed by atoms with van der Waals surface area (Å²) in [5.74, 6) is 0.856. The number of phenols is 1. The van der Waals surface area contributed by atoms with Crippen LogP contribution in [-0.2, 0) is 22.1 Å². The SMILES string of the molecule is O=S(=O)(O)C(CC=CC(O)c1ccc(O)cc1)CCc1ccc(OC2(c3ccccc3)CCNCC2)cc1. The van der Waals surface area contributed by atoms with Crippen molar-refractivity contribution in [3.63, 3.8) is 0 Å². The lowest BCUT2D eigenvalue weighted by Gasteiger charge is -2.38. The summed E-state index contributed by atoms with van der Waals surface area (Å²) >= 11 is 0. The van der Waals surface area contributed by atoms with E-state index in [4.69, 9.17) is 4.74 Å². The summed E-state index contributed by atoms with van der Waals surface area (Å²) in [5.41, 5.74) is 2.29. The van der Waals surface area contributed by atoms with Crippen LogP contribution >= 0.6 is 0 Å². The first-order chi connectivity index (χ1) is 18.2. The molecule has 0 amide bonds. The molecule has 1 fully saturated rings. The zero-order valence-corrected chi connectivity index (χ0v) is 22.1. The molecule has 3 aromatic carbocycles. The van der Waals surface area contributed by atoms with Gasteiger partial charge in [-0.25, -0.2) is 0 Å². The minimum atomic E-state index is -4.27. The lowest BCUT2D eigenvalue weighted by molar-refractivity contribution is 0.0332. The molecule has 0 spiro atoms. The summed E-state index contributed by atoms with van der Waals surface area (Å²) in [7, 11) is -4.27. The van der Waals surface area contributed by atoms with Gasteiger partial charge in [-0.1, -0.05) is 66.7 Å². The van der Waals surface area contributed by atoms with Crippen molar-refractivity contribution in [3.05, 3.63) is 108 Å². The number of aliphatic hydroxyl groups excluding tert-OH is 1. The first-order valence-electron chi connectivity index (χ1n) is 12.9. The van der Waals surface area contributed by atoms with Crippen LogP contribution < -0.4 is 10.1 Å². The fraction of sp³-hybridized carbons (Fsp3) is 0.333. The molecule has 1 heterocycles. The highest BCUT2D eigenvalue weighted by Crippen LogP contribution is 2.36. The van der Waals surface area contributed by atoms with Crippen LogP contribution in [0, 0.1) is 0 Å². The number of allylic oxidation sites excluding steroid dienone is 1. The molecule has 8 heteroatoms. The van der Waals surface area contributed by atoms with E-state index in [0.29, 0.717) is 12.0 Å². The average Bonchev–Trinajstić information content (AvgIpc) is 2.92. The normalized spacial score (nSPS) is 17.2. The molecule has 1 aliphatic rings. The topological polar surface area (TPSA) is 116 Å². The van der Waals surface area contributed by atoms with Crippen LogP contribution in [0.3, 0.4) is 0 Å². The largest absolute Gasteiger partial charge is 0.508 e. The van der Waals surface area contributed by atoms with E-state index in [1.807, 2.05) is 42.5 Å². The van der Waals surface area contributed by atoms with Crippen molar-refractivity contribution in [1.82, 2.24) is 5.32 Å². The maximum absolute atomic E-state index is 12.0. The van der Waals surface area contributed by atoms with E-state index in [1.165, 1.54) is 18.2 Å². The number of aliphatic hydroxyl groups is 1. The number of nitrogens with one attached hydrogen (secondary N) is 1. The molecule has 0 bridgehead atoms. The standard InChI is InChI=1S/C30H35NO6S/c32-26-14-12-24(13-15-26)29(33)8-4-7-28(38(34,35)36)18-11-23-9-16-27(17-10-23)37-30(19-21-31-22-20-30)25-5-2-1-3-6-25/h1-6,8-10,12-17,28-29,31-33H,7,11,18-22H2,(H,34,35,36). The number of aromatic hydroxyl groups is 1. The third kappa shape index (κ3) is 7.45. The Morgan fingerprint density at radius 1 is 0.947 bits per heavy atom. The van der Waals surface area contributed by atoms with Crippen LogP contribution in [0.15, 0.2) is 91.0 Å². The second-order valence-electron chi connectivity index (χ2n) is 9.73. The molecule has 38 heavy (non-hydrogen) atoms. The summed E-state index contributed by atoms with van der Waals surface area (Å²) in [6, 6.07) is 24.1. The summed E-state index contributed by atoms with van der Waals surface area (Å²) in [6.07, 6.45) is 4.61. The van der Waals surface area contributed by atoms with Crippen LogP contribution in [0.2, 0.25) is 0 Å². The highest BCUT2D eigenvalue weighted by Gasteiger charge is 2.36. The van der Waals surface area contributed by atoms with Crippen molar-refractivity contribution in [2.24, 2.45) is 0 Å². The summed E-state index contributed by atoms with van der Waals surface area (Å²) in [5, 5.41) is 22.1. The van der Waals surface area contributed by atoms with Crippen LogP contribution in [0.25, 0.3) is 0 Å². The number of benzene rings is 3. The zero-order valence-electron chi connectivity index (χ0n) is 21.2. The third-order valence-electron chi connectivity index (χ3n) is 7.08. The molecule has 3 aromatic rings. The van der Waals surface area contributed by atoms with Gasteiger partial charge in [-0.2, -0.15) is 8.42 Å². The number of piperidine rings is 1. The smallest absolute Gasteiger partial charge is 0.268 e. The molecule has 1 saturated heterocycles. The van der Waals surface area contributed by atoms with Gasteiger partial charge in [0.1, 0.15) is 17.1 Å². The summed E-state index contributed by atoms with van der Waals surface area (Å²) in [4.78, 5) is 0. The third-order valence-corrected chi connectivity index (χ3v) is 8.35. The van der Waals surface area contributed by atoms with Crippen LogP contribution in [-0.4, -0.2) is 41.5 Å². The molecule has 2 atom stereocenters. The molecular weight excluding hydrogens is 502 g/mol. The summed E-state index contributed by atoms with van der Waals surface area (Å²) in [6.45, 7) is 1.76. The Balaban J connectivity index is 1.36. The van der Waals surface area contributed by atoms with Crippen molar-refractivity contribution in [2.45, 2.75) is 49.1 Å². The van der Waals surface area contributed by atoms with Gasteiger partial charge >= 0.3 is 0 Å². The van der Waals surface area contributed by atoms with Crippen molar-refractivity contribution in [1.29, 1.82) is 0 Å². The second kappa shape index (κ2) is 12.6. The van der Waals surface area contributed by atoms with Crippen LogP contribution in [0.1, 0.15) is 48.5 Å². The Hall–Kier alpha value is -3.17. The van der Waals surface area contributed by atoms with Gasteiger partial charge in [0.05, 0.1) is 11.4 Å². The minimum Gasteiger partial charge on any atom is -0.508 e. The highest BCUT2D eigenvalue weighted by molar-refractivity contribution is 7.86. The van der Waals surface area contributed by atoms with E-state index in [1.54, 1.807) is 18.2 Å². The average molecular weight is 538 g/mol. The number of ether oxygens (including phenoxy) is 1. The molecule has 0 saturated carbocycles. The fourth-order valence-corrected chi connectivity index (χ4v) is 5.60. The van der Waals surface area contributed by atoms with E-state index < -0.39 is 21.5 Å². The van der Waals surface area contributed by atoms with E-state index >= 15 is 0 Å². The Kier molecular flexibility index (Phi) is 9.22. The minimum absolute atomic E-state index is 0.0722. The molecular formula is C30H35NO6S. The molecule has 1 aliphatic heterocycles. The molecule has 0 radical (unpaired) electrons. The van der Waals surface area contributed by atoms with Gasteiger partial charge in [0.15, 0.2) is 0 Å². The number of hydrogen-bond donors (Lipinski definition) is 4. The molecule has 2 unspecified atom stereocenters. The van der Waals surface area contributed by atoms with Crippen LogP contribution in [0.5, 0.6) is 11.5 Å². The Morgan fingerprint density at radius 2 is 1.61 bits per heavy atom. The quantitative estimate of drug-likeness (QED) is 0.203. The highest BCUT2D eigenvalue weighted by atomic mass is 32.2. The Bertz CT molecular complexity index is 1280. The van der Waals surface area contributed by atoms with Gasteiger partial charge in [-0.3, -0.25) is 4.55 Å². The fourth-order valence-electron chi connectivity index (χ4n) is 4.83. The molecule has 4 rings (SSSR count). The van der Waals surface area contributed by atoms with Crippen molar-refractivity contribution >= 4 is 10.1 Å². The number of rotatable bonds is 11. The van der Waals surface area contributed by atoms with Crippen molar-refractivity contribution < 1.29 is 27.9 Å². The van der Waals surface area contributed by atoms with Gasteiger partial charge in [-0.15, -0.1) is 0 Å². The van der Waals surface area contributed by atoms with Gasteiger partial charge in [-0.05, 0) is 73.3 Å². The van der Waals surface area contributed by atoms with Crippen molar-refractivity contribution in [2.75, 3.05) is 13.1 Å². The zero-order chi connectivity index (χ0) is 27.0. The predicted molar refractivity (Wildman–Crippen MR) is 148 cm³/mol. The second-order valence-corrected chi connectivity index (χ2v) is 11.4. The van der Waals surface area contributed by atoms with Crippen molar-refractivity contribution in [3.8, 4) is 11.5 Å². The Morgan fingerprint density at radius 3 is 2.24 bits per heavy atom. The molecule has 0 aromatic heterocycles. The maximum Gasteiger partial charge on any atom is 0.268 e. The van der Waals surface area contributed by atoms with Gasteiger partial charge in [0.25, 0.3) is 10.1 Å². The predicted octanol–water partition coefficient (Wildman–Crippen LogP) is 4.92. The van der Waals surface area contributed by atoms with E-state index in [0.717, 1.165) is 42.8 Å². The number of hydrogen-bond acceptors (Lipinski definition) is 6. The van der Waals surface area contributed by atoms with E-state index in [9.17, 15) is 23.2 Å².